The van der Waals surface area contributed by atoms with Gasteiger partial charge in [-0.1, -0.05) is 11.6 Å². The molecule has 0 saturated carbocycles. The molecule has 2 aromatic rings. The summed E-state index contributed by atoms with van der Waals surface area (Å²) in [5, 5.41) is 0.150. The Kier molecular flexibility index (Phi) is 5.45. The third-order valence-electron chi connectivity index (χ3n) is 4.64. The fourth-order valence-corrected chi connectivity index (χ4v) is 4.83. The van der Waals surface area contributed by atoms with E-state index in [2.05, 4.69) is 4.72 Å². The molecule has 0 fully saturated rings. The molecule has 9 heteroatoms. The van der Waals surface area contributed by atoms with Crippen LogP contribution in [-0.4, -0.2) is 34.6 Å². The van der Waals surface area contributed by atoms with Crippen molar-refractivity contribution in [3.63, 3.8) is 0 Å². The summed E-state index contributed by atoms with van der Waals surface area (Å²) in [6.45, 7) is 3.42. The number of sulfonamides is 1. The van der Waals surface area contributed by atoms with E-state index in [1.54, 1.807) is 23.1 Å². The lowest BCUT2D eigenvalue weighted by atomic mass is 10.1. The van der Waals surface area contributed by atoms with Crippen LogP contribution in [0.2, 0.25) is 5.02 Å². The van der Waals surface area contributed by atoms with Crippen molar-refractivity contribution in [1.29, 1.82) is 0 Å². The Balaban J connectivity index is 1.98. The molecular weight excluding hydrogens is 404 g/mol. The summed E-state index contributed by atoms with van der Waals surface area (Å²) in [5.74, 6) is 0.612. The summed E-state index contributed by atoms with van der Waals surface area (Å²) in [7, 11) is -1.03. The predicted octanol–water partition coefficient (Wildman–Crippen LogP) is 3.46. The van der Waals surface area contributed by atoms with Crippen molar-refractivity contribution in [3.05, 3.63) is 40.9 Å². The average Bonchev–Trinajstić information content (AvgIpc) is 2.97. The van der Waals surface area contributed by atoms with Gasteiger partial charge in [-0.2, -0.15) is 0 Å². The summed E-state index contributed by atoms with van der Waals surface area (Å²) in [4.78, 5) is 13.6. The lowest BCUT2D eigenvalue weighted by Crippen LogP contribution is -2.33. The highest BCUT2D eigenvalue weighted by molar-refractivity contribution is 7.92. The van der Waals surface area contributed by atoms with E-state index in [-0.39, 0.29) is 33.3 Å². The Morgan fingerprint density at radius 3 is 2.54 bits per heavy atom. The molecule has 0 aliphatic carbocycles. The first-order chi connectivity index (χ1) is 13.2. The standard InChI is InChI=1S/C19H21ClN2O5S/c1-11-7-13-8-15(5-6-17(13)22(11)12(2)23)28(24,25)21-19-16(20)9-14(26-3)10-18(19)27-4/h5-6,8-11,21H,7H2,1-4H3/t11-/m0/s1. The number of amides is 1. The second-order valence-corrected chi connectivity index (χ2v) is 8.61. The van der Waals surface area contributed by atoms with Gasteiger partial charge in [-0.05, 0) is 37.1 Å². The Hall–Kier alpha value is -2.45. The summed E-state index contributed by atoms with van der Waals surface area (Å²) in [5.41, 5.74) is 1.67. The molecule has 3 rings (SSSR count). The van der Waals surface area contributed by atoms with Crippen LogP contribution in [0.1, 0.15) is 19.4 Å². The van der Waals surface area contributed by atoms with Crippen LogP contribution < -0.4 is 19.1 Å². The zero-order valence-corrected chi connectivity index (χ0v) is 17.5. The van der Waals surface area contributed by atoms with Crippen LogP contribution in [0.25, 0.3) is 0 Å². The number of carbonyl (C=O) groups is 1. The molecule has 1 aliphatic rings. The number of anilines is 2. The van der Waals surface area contributed by atoms with E-state index < -0.39 is 10.0 Å². The molecule has 0 radical (unpaired) electrons. The molecule has 7 nitrogen and oxygen atoms in total. The van der Waals surface area contributed by atoms with Crippen LogP contribution >= 0.6 is 11.6 Å². The third-order valence-corrected chi connectivity index (χ3v) is 6.28. The molecule has 1 heterocycles. The first kappa shape index (κ1) is 20.3. The maximum atomic E-state index is 12.9. The first-order valence-electron chi connectivity index (χ1n) is 8.55. The molecular formula is C19H21ClN2O5S. The maximum absolute atomic E-state index is 12.9. The van der Waals surface area contributed by atoms with Crippen LogP contribution in [0.5, 0.6) is 11.5 Å². The molecule has 0 spiro atoms. The Morgan fingerprint density at radius 1 is 1.21 bits per heavy atom. The highest BCUT2D eigenvalue weighted by Gasteiger charge is 2.30. The van der Waals surface area contributed by atoms with Gasteiger partial charge in [0, 0.05) is 30.8 Å². The molecule has 150 valence electrons. The van der Waals surface area contributed by atoms with Crippen molar-refractivity contribution in [2.45, 2.75) is 31.2 Å². The minimum Gasteiger partial charge on any atom is -0.497 e. The molecule has 0 bridgehead atoms. The third kappa shape index (κ3) is 3.62. The molecule has 28 heavy (non-hydrogen) atoms. The number of benzene rings is 2. The average molecular weight is 425 g/mol. The largest absolute Gasteiger partial charge is 0.497 e. The van der Waals surface area contributed by atoms with Crippen LogP contribution in [-0.2, 0) is 21.2 Å². The van der Waals surface area contributed by atoms with Gasteiger partial charge in [0.25, 0.3) is 10.0 Å². The highest BCUT2D eigenvalue weighted by Crippen LogP contribution is 2.39. The van der Waals surface area contributed by atoms with E-state index in [1.165, 1.54) is 33.3 Å². The molecule has 1 N–H and O–H groups in total. The van der Waals surface area contributed by atoms with Crippen molar-refractivity contribution in [2.24, 2.45) is 0 Å². The van der Waals surface area contributed by atoms with Gasteiger partial charge >= 0.3 is 0 Å². The minimum atomic E-state index is -3.92. The molecule has 1 amide bonds. The van der Waals surface area contributed by atoms with E-state index >= 15 is 0 Å². The number of fused-ring (bicyclic) bond motifs is 1. The number of halogens is 1. The zero-order valence-electron chi connectivity index (χ0n) is 15.9. The van der Waals surface area contributed by atoms with Gasteiger partial charge in [-0.3, -0.25) is 9.52 Å². The number of ether oxygens (including phenoxy) is 2. The molecule has 1 aliphatic heterocycles. The summed E-state index contributed by atoms with van der Waals surface area (Å²) in [6.07, 6.45) is 0.588. The van der Waals surface area contributed by atoms with Crippen LogP contribution in [0.15, 0.2) is 35.2 Å². The number of hydrogen-bond acceptors (Lipinski definition) is 5. The maximum Gasteiger partial charge on any atom is 0.262 e. The van der Waals surface area contributed by atoms with E-state index in [1.807, 2.05) is 6.92 Å². The lowest BCUT2D eigenvalue weighted by Gasteiger charge is -2.20. The number of carbonyl (C=O) groups excluding carboxylic acids is 1. The topological polar surface area (TPSA) is 84.9 Å². The van der Waals surface area contributed by atoms with E-state index in [4.69, 9.17) is 21.1 Å². The van der Waals surface area contributed by atoms with Crippen molar-refractivity contribution in [1.82, 2.24) is 0 Å². The summed E-state index contributed by atoms with van der Waals surface area (Å²) in [6, 6.07) is 7.73. The Bertz CT molecular complexity index is 1040. The Labute approximate surface area is 169 Å². The lowest BCUT2D eigenvalue weighted by molar-refractivity contribution is -0.116. The number of methoxy groups -OCH3 is 2. The fraction of sp³-hybridized carbons (Fsp3) is 0.316. The van der Waals surface area contributed by atoms with Gasteiger partial charge in [0.1, 0.15) is 17.2 Å². The number of nitrogens with zero attached hydrogens (tertiary/aromatic N) is 1. The van der Waals surface area contributed by atoms with Gasteiger partial charge < -0.3 is 14.4 Å². The van der Waals surface area contributed by atoms with Crippen molar-refractivity contribution in [3.8, 4) is 11.5 Å². The molecule has 0 aromatic heterocycles. The zero-order chi connectivity index (χ0) is 20.6. The molecule has 2 aromatic carbocycles. The smallest absolute Gasteiger partial charge is 0.262 e. The Morgan fingerprint density at radius 2 is 1.93 bits per heavy atom. The van der Waals surface area contributed by atoms with Gasteiger partial charge in [0.05, 0.1) is 24.1 Å². The normalized spacial score (nSPS) is 15.9. The molecule has 1 atom stereocenters. The van der Waals surface area contributed by atoms with Crippen LogP contribution in [0, 0.1) is 0 Å². The number of rotatable bonds is 5. The quantitative estimate of drug-likeness (QED) is 0.794. The predicted molar refractivity (Wildman–Crippen MR) is 108 cm³/mol. The second kappa shape index (κ2) is 7.52. The van der Waals surface area contributed by atoms with E-state index in [0.717, 1.165) is 11.3 Å². The molecule has 0 saturated heterocycles. The SMILES string of the molecule is COc1cc(Cl)c(NS(=O)(=O)c2ccc3c(c2)C[C@H](C)N3C(C)=O)c(OC)c1. The van der Waals surface area contributed by atoms with Gasteiger partial charge in [0.2, 0.25) is 5.91 Å². The minimum absolute atomic E-state index is 0.0189. The number of nitrogens with one attached hydrogen (secondary N) is 1. The first-order valence-corrected chi connectivity index (χ1v) is 10.4. The van der Waals surface area contributed by atoms with Gasteiger partial charge in [-0.25, -0.2) is 8.42 Å². The van der Waals surface area contributed by atoms with Gasteiger partial charge in [0.15, 0.2) is 0 Å². The highest BCUT2D eigenvalue weighted by atomic mass is 35.5. The van der Waals surface area contributed by atoms with Crippen LogP contribution in [0.3, 0.4) is 0 Å². The van der Waals surface area contributed by atoms with Crippen LogP contribution in [0.4, 0.5) is 11.4 Å². The monoisotopic (exact) mass is 424 g/mol. The van der Waals surface area contributed by atoms with Crippen molar-refractivity contribution in [2.75, 3.05) is 23.8 Å². The number of hydrogen-bond donors (Lipinski definition) is 1. The van der Waals surface area contributed by atoms with Gasteiger partial charge in [-0.15, -0.1) is 0 Å². The summed E-state index contributed by atoms with van der Waals surface area (Å²) < 4.78 is 38.7. The van der Waals surface area contributed by atoms with E-state index in [0.29, 0.717) is 12.2 Å². The fourth-order valence-electron chi connectivity index (χ4n) is 3.38. The van der Waals surface area contributed by atoms with Crippen molar-refractivity contribution < 1.29 is 22.7 Å². The van der Waals surface area contributed by atoms with Crippen molar-refractivity contribution >= 4 is 38.9 Å². The summed E-state index contributed by atoms with van der Waals surface area (Å²) >= 11 is 6.22. The molecule has 0 unspecified atom stereocenters. The second-order valence-electron chi connectivity index (χ2n) is 6.52. The van der Waals surface area contributed by atoms with E-state index in [9.17, 15) is 13.2 Å².